The first-order chi connectivity index (χ1) is 18.4. The zero-order valence-electron chi connectivity index (χ0n) is 20.6. The van der Waals surface area contributed by atoms with Gasteiger partial charge in [-0.05, 0) is 29.8 Å². The van der Waals surface area contributed by atoms with Crippen molar-refractivity contribution in [3.8, 4) is 16.9 Å². The number of carbonyl (C=O) groups excluding carboxylic acids is 2. The van der Waals surface area contributed by atoms with Crippen molar-refractivity contribution < 1.29 is 69.4 Å². The molecule has 0 bridgehead atoms. The minimum atomic E-state index is -4.73. The molecule has 40 heavy (non-hydrogen) atoms. The Morgan fingerprint density at radius 2 is 1.70 bits per heavy atom. The molecule has 0 aliphatic rings. The number of halogens is 6. The molecule has 1 heterocycles. The van der Waals surface area contributed by atoms with Crippen LogP contribution >= 0.6 is 23.2 Å². The fourth-order valence-corrected chi connectivity index (χ4v) is 3.87. The number of amides is 2. The molecule has 0 spiro atoms. The second kappa shape index (κ2) is 14.9. The van der Waals surface area contributed by atoms with E-state index in [1.54, 1.807) is 0 Å². The van der Waals surface area contributed by atoms with Crippen LogP contribution in [0.3, 0.4) is 0 Å². The second-order valence-electron chi connectivity index (χ2n) is 7.89. The topological polar surface area (TPSA) is 114 Å². The standard InChI is InChI=1S/C25H21Cl2F4N3O5.Cd/c26-16-2-1-3-18(28)22(16)23(37)33-19-5-4-14(10-21(19)39-13-25(29,30)31)15-11-20(32-12-17(15)27)24(38)34(6-8-35)7-9-36;/h1-5,10-12,35-36H,6-9,13H2,(H,32,33,37);/p-1. The first-order valence-corrected chi connectivity index (χ1v) is 11.9. The minimum Gasteiger partial charge on any atom is -0.620 e. The minimum absolute atomic E-state index is 0. The normalized spacial score (nSPS) is 11.0. The van der Waals surface area contributed by atoms with Crippen LogP contribution in [0.25, 0.3) is 16.4 Å². The van der Waals surface area contributed by atoms with E-state index in [0.29, 0.717) is 0 Å². The number of hydrogen-bond donors (Lipinski definition) is 2. The van der Waals surface area contributed by atoms with E-state index in [9.17, 15) is 37.4 Å². The van der Waals surface area contributed by atoms with Crippen molar-refractivity contribution in [2.45, 2.75) is 6.18 Å². The van der Waals surface area contributed by atoms with Crippen LogP contribution in [0.1, 0.15) is 20.8 Å². The number of aliphatic hydroxyl groups is 2. The molecule has 0 unspecified atom stereocenters. The predicted molar refractivity (Wildman–Crippen MR) is 135 cm³/mol. The molecule has 210 valence electrons. The van der Waals surface area contributed by atoms with Crippen LogP contribution in [0.4, 0.5) is 23.2 Å². The monoisotopic (exact) mass is 702 g/mol. The van der Waals surface area contributed by atoms with Crippen molar-refractivity contribution in [1.29, 1.82) is 0 Å². The van der Waals surface area contributed by atoms with Crippen LogP contribution in [0.5, 0.6) is 5.75 Å². The van der Waals surface area contributed by atoms with E-state index >= 15 is 0 Å². The van der Waals surface area contributed by atoms with Gasteiger partial charge in [-0.1, -0.05) is 47.1 Å². The molecule has 2 amide bonds. The van der Waals surface area contributed by atoms with Gasteiger partial charge in [0.2, 0.25) is 0 Å². The van der Waals surface area contributed by atoms with Gasteiger partial charge in [0.25, 0.3) is 5.91 Å². The Bertz CT molecular complexity index is 1340. The fraction of sp³-hybridized carbons (Fsp3) is 0.240. The van der Waals surface area contributed by atoms with Gasteiger partial charge in [-0.2, -0.15) is 13.2 Å². The van der Waals surface area contributed by atoms with Gasteiger partial charge in [0.05, 0.1) is 34.7 Å². The largest absolute Gasteiger partial charge is 0.620 e. The van der Waals surface area contributed by atoms with Crippen LogP contribution in [0.15, 0.2) is 48.7 Å². The Morgan fingerprint density at radius 3 is 2.30 bits per heavy atom. The molecule has 3 aromatic rings. The number of alkyl halides is 3. The number of ether oxygens (including phenoxy) is 1. The Labute approximate surface area is 256 Å². The summed E-state index contributed by atoms with van der Waals surface area (Å²) in [7, 11) is 0. The van der Waals surface area contributed by atoms with E-state index in [0.717, 1.165) is 29.3 Å². The molecule has 2 aromatic carbocycles. The molecule has 0 atom stereocenters. The number of rotatable bonds is 10. The second-order valence-corrected chi connectivity index (χ2v) is 8.70. The SMILES string of the molecule is O=C([N-]c1ccc(-c2cc(C(=O)N(CCO)CCO)ncc2Cl)cc1OCC(F)(F)F)c1c(F)cccc1Cl.[Cd]. The van der Waals surface area contributed by atoms with Gasteiger partial charge in [0.1, 0.15) is 17.3 Å². The molecule has 0 aliphatic heterocycles. The molecule has 1 aromatic heterocycles. The third-order valence-electron chi connectivity index (χ3n) is 5.16. The summed E-state index contributed by atoms with van der Waals surface area (Å²) in [6, 6.07) is 8.41. The molecule has 8 nitrogen and oxygen atoms in total. The van der Waals surface area contributed by atoms with E-state index in [1.165, 1.54) is 24.3 Å². The molecule has 0 fully saturated rings. The third-order valence-corrected chi connectivity index (χ3v) is 5.78. The fourth-order valence-electron chi connectivity index (χ4n) is 3.41. The van der Waals surface area contributed by atoms with Crippen LogP contribution in [-0.2, 0) is 27.3 Å². The van der Waals surface area contributed by atoms with E-state index < -0.39 is 41.7 Å². The molecule has 0 radical (unpaired) electrons. The van der Waals surface area contributed by atoms with Crippen LogP contribution < -0.4 is 4.74 Å². The zero-order chi connectivity index (χ0) is 28.7. The quantitative estimate of drug-likeness (QED) is 0.216. The molecule has 0 aliphatic carbocycles. The third kappa shape index (κ3) is 8.73. The smallest absolute Gasteiger partial charge is 0.422 e. The van der Waals surface area contributed by atoms with Crippen molar-refractivity contribution in [1.82, 2.24) is 9.88 Å². The van der Waals surface area contributed by atoms with Gasteiger partial charge < -0.3 is 30.0 Å². The average Bonchev–Trinajstić information content (AvgIpc) is 2.87. The maximum atomic E-state index is 14.2. The van der Waals surface area contributed by atoms with Gasteiger partial charge in [-0.25, -0.2) is 9.37 Å². The van der Waals surface area contributed by atoms with Crippen LogP contribution in [0, 0.1) is 5.82 Å². The first kappa shape index (κ1) is 33.7. The Kier molecular flexibility index (Phi) is 12.6. The van der Waals surface area contributed by atoms with Gasteiger partial charge in [0.15, 0.2) is 6.61 Å². The van der Waals surface area contributed by atoms with Gasteiger partial charge >= 0.3 is 6.18 Å². The van der Waals surface area contributed by atoms with E-state index in [2.05, 4.69) is 10.3 Å². The van der Waals surface area contributed by atoms with Crippen LogP contribution in [0.2, 0.25) is 10.0 Å². The summed E-state index contributed by atoms with van der Waals surface area (Å²) in [6.45, 7) is -2.62. The first-order valence-electron chi connectivity index (χ1n) is 11.2. The van der Waals surface area contributed by atoms with Crippen molar-refractivity contribution in [2.75, 3.05) is 32.9 Å². The Hall–Kier alpha value is -2.53. The summed E-state index contributed by atoms with van der Waals surface area (Å²) in [5, 5.41) is 21.9. The zero-order valence-corrected chi connectivity index (χ0v) is 26.1. The molecule has 15 heteroatoms. The van der Waals surface area contributed by atoms with E-state index in [-0.39, 0.29) is 86.2 Å². The van der Waals surface area contributed by atoms with Crippen molar-refractivity contribution in [3.63, 3.8) is 0 Å². The number of benzene rings is 2. The molecule has 0 saturated heterocycles. The summed E-state index contributed by atoms with van der Waals surface area (Å²) in [5.41, 5.74) is -0.673. The summed E-state index contributed by atoms with van der Waals surface area (Å²) >= 11 is 12.2. The molecule has 3 rings (SSSR count). The number of aliphatic hydroxyl groups excluding tert-OH is 2. The summed E-state index contributed by atoms with van der Waals surface area (Å²) in [6.07, 6.45) is -3.58. The summed E-state index contributed by atoms with van der Waals surface area (Å²) in [4.78, 5) is 30.6. The Balaban J connectivity index is 0.00000560. The van der Waals surface area contributed by atoms with Crippen molar-refractivity contribution >= 4 is 40.7 Å². The number of hydrogen-bond acceptors (Lipinski definition) is 6. The van der Waals surface area contributed by atoms with Crippen LogP contribution in [-0.4, -0.2) is 71.0 Å². The van der Waals surface area contributed by atoms with Gasteiger partial charge in [-0.3, -0.25) is 4.79 Å². The predicted octanol–water partition coefficient (Wildman–Crippen LogP) is 5.41. The maximum Gasteiger partial charge on any atom is 0.422 e. The molecule has 0 saturated carbocycles. The van der Waals surface area contributed by atoms with E-state index in [4.69, 9.17) is 27.9 Å². The van der Waals surface area contributed by atoms with Crippen molar-refractivity contribution in [3.05, 3.63) is 81.1 Å². The van der Waals surface area contributed by atoms with Gasteiger partial charge in [-0.15, -0.1) is 0 Å². The Morgan fingerprint density at radius 1 is 1.02 bits per heavy atom. The number of carbonyl (C=O) groups is 2. The molecule has 2 N–H and O–H groups in total. The van der Waals surface area contributed by atoms with Crippen molar-refractivity contribution in [2.24, 2.45) is 0 Å². The summed E-state index contributed by atoms with van der Waals surface area (Å²) in [5.74, 6) is -3.23. The van der Waals surface area contributed by atoms with E-state index in [1.807, 2.05) is 0 Å². The summed E-state index contributed by atoms with van der Waals surface area (Å²) < 4.78 is 57.9. The molecular formula is C25H20CdCl2F4N3O5-. The number of pyridine rings is 1. The van der Waals surface area contributed by atoms with Gasteiger partial charge in [0, 0.05) is 52.1 Å². The molecular weight excluding hydrogens is 682 g/mol. The number of nitrogens with zero attached hydrogens (tertiary/aromatic N) is 3. The number of aromatic nitrogens is 1. The average molecular weight is 702 g/mol. The maximum absolute atomic E-state index is 14.2.